The van der Waals surface area contributed by atoms with E-state index in [2.05, 4.69) is 9.71 Å². The molecule has 1 aromatic carbocycles. The number of nitrogens with zero attached hydrogens (tertiary/aromatic N) is 2. The number of rotatable bonds is 6. The topological polar surface area (TPSA) is 124 Å². The van der Waals surface area contributed by atoms with E-state index in [1.165, 1.54) is 31.2 Å². The zero-order chi connectivity index (χ0) is 23.2. The molecule has 3 heterocycles. The van der Waals surface area contributed by atoms with Gasteiger partial charge < -0.3 is 4.74 Å². The Morgan fingerprint density at radius 3 is 2.59 bits per heavy atom. The van der Waals surface area contributed by atoms with Crippen molar-refractivity contribution in [1.82, 2.24) is 9.55 Å². The quantitative estimate of drug-likeness (QED) is 0.429. The summed E-state index contributed by atoms with van der Waals surface area (Å²) in [6.07, 6.45) is 1.56. The highest BCUT2D eigenvalue weighted by Gasteiger charge is 2.26. The molecule has 0 saturated heterocycles. The number of ketones is 1. The Kier molecular flexibility index (Phi) is 5.63. The molecule has 9 nitrogen and oxygen atoms in total. The lowest BCUT2D eigenvalue weighted by Crippen LogP contribution is -2.24. The number of Topliss-reactive ketones (excluding diaryl/α,β-unsaturated/α-hetero) is 1. The molecule has 4 rings (SSSR count). The molecule has 168 valence electrons. The Bertz CT molecular complexity index is 1400. The summed E-state index contributed by atoms with van der Waals surface area (Å²) in [5.41, 5.74) is 0.946. The van der Waals surface area contributed by atoms with E-state index in [0.29, 0.717) is 28.0 Å². The summed E-state index contributed by atoms with van der Waals surface area (Å²) in [5, 5.41) is 0.417. The van der Waals surface area contributed by atoms with Crippen LogP contribution in [0.1, 0.15) is 44.8 Å². The number of nitrogens with one attached hydrogen (secondary N) is 1. The molecule has 0 radical (unpaired) electrons. The maximum absolute atomic E-state index is 12.8. The van der Waals surface area contributed by atoms with E-state index in [1.807, 2.05) is 0 Å². The lowest BCUT2D eigenvalue weighted by atomic mass is 10.1. The fraction of sp³-hybridized carbons (Fsp3) is 0.333. The van der Waals surface area contributed by atoms with Gasteiger partial charge in [0.15, 0.2) is 6.10 Å². The van der Waals surface area contributed by atoms with Gasteiger partial charge in [0.2, 0.25) is 15.8 Å². The molecule has 3 aromatic rings. The van der Waals surface area contributed by atoms with Gasteiger partial charge in [-0.1, -0.05) is 0 Å². The first-order valence-corrected chi connectivity index (χ1v) is 12.6. The first-order chi connectivity index (χ1) is 15.0. The molecule has 1 aliphatic heterocycles. The minimum absolute atomic E-state index is 0.151. The molecule has 11 heteroatoms. The monoisotopic (exact) mass is 475 g/mol. The average Bonchev–Trinajstić information content (AvgIpc) is 3.32. The molecule has 32 heavy (non-hydrogen) atoms. The van der Waals surface area contributed by atoms with E-state index in [0.717, 1.165) is 36.3 Å². The van der Waals surface area contributed by atoms with Gasteiger partial charge in [-0.15, -0.1) is 11.3 Å². The van der Waals surface area contributed by atoms with E-state index in [-0.39, 0.29) is 16.0 Å². The third kappa shape index (κ3) is 4.17. The van der Waals surface area contributed by atoms with Crippen molar-refractivity contribution in [3.8, 4) is 0 Å². The second-order valence-corrected chi connectivity index (χ2v) is 10.4. The molecular formula is C21H21N3O6S2. The summed E-state index contributed by atoms with van der Waals surface area (Å²) in [6.45, 7) is 3.77. The fourth-order valence-corrected chi connectivity index (χ4v) is 5.33. The van der Waals surface area contributed by atoms with Crippen molar-refractivity contribution >= 4 is 49.0 Å². The number of thiophene rings is 1. The Balaban J connectivity index is 1.53. The van der Waals surface area contributed by atoms with E-state index in [4.69, 9.17) is 4.74 Å². The van der Waals surface area contributed by atoms with Gasteiger partial charge >= 0.3 is 5.97 Å². The maximum atomic E-state index is 12.8. The second kappa shape index (κ2) is 8.14. The Morgan fingerprint density at radius 2 is 1.94 bits per heavy atom. The van der Waals surface area contributed by atoms with Gasteiger partial charge in [0.1, 0.15) is 15.5 Å². The van der Waals surface area contributed by atoms with Crippen molar-refractivity contribution in [3.63, 3.8) is 0 Å². The van der Waals surface area contributed by atoms with Gasteiger partial charge in [0.25, 0.3) is 5.56 Å². The molecule has 1 N–H and O–H groups in total. The first-order valence-electron chi connectivity index (χ1n) is 9.91. The number of benzene rings is 1. The summed E-state index contributed by atoms with van der Waals surface area (Å²) in [7, 11) is -3.43. The smallest absolute Gasteiger partial charge is 0.349 e. The van der Waals surface area contributed by atoms with Crippen LogP contribution in [0.5, 0.6) is 0 Å². The maximum Gasteiger partial charge on any atom is 0.349 e. The van der Waals surface area contributed by atoms with Crippen molar-refractivity contribution in [1.29, 1.82) is 0 Å². The molecular weight excluding hydrogens is 454 g/mol. The number of fused-ring (bicyclic) bond motifs is 2. The Hall–Kier alpha value is -3.05. The van der Waals surface area contributed by atoms with Crippen molar-refractivity contribution in [2.24, 2.45) is 0 Å². The summed E-state index contributed by atoms with van der Waals surface area (Å²) >= 11 is 1.09. The van der Waals surface area contributed by atoms with Crippen molar-refractivity contribution in [2.75, 3.05) is 11.0 Å². The number of hydrogen-bond donors (Lipinski definition) is 1. The molecule has 0 amide bonds. The summed E-state index contributed by atoms with van der Waals surface area (Å²) < 4.78 is 31.9. The second-order valence-electron chi connectivity index (χ2n) is 7.69. The largest absolute Gasteiger partial charge is 0.450 e. The van der Waals surface area contributed by atoms with Crippen molar-refractivity contribution in [3.05, 3.63) is 56.4 Å². The molecule has 0 saturated carbocycles. The summed E-state index contributed by atoms with van der Waals surface area (Å²) in [6, 6.07) is 5.82. The van der Waals surface area contributed by atoms with Crippen LogP contribution >= 0.6 is 11.3 Å². The number of anilines is 1. The van der Waals surface area contributed by atoms with Crippen LogP contribution in [0.3, 0.4) is 0 Å². The van der Waals surface area contributed by atoms with Crippen LogP contribution < -0.4 is 10.3 Å². The zero-order valence-corrected chi connectivity index (χ0v) is 19.3. The standard InChI is InChI=1S/C21H21N3O6S2/c1-11-16-19(22-15-5-4-10-24(15)20(16)26)31-18(11)21(27)30-12(2)17(25)13-6-8-14(9-7-13)23-32(3,28)29/h6-9,12,23H,4-5,10H2,1-3H3/t12-/m0/s1. The first kappa shape index (κ1) is 22.2. The molecule has 0 bridgehead atoms. The zero-order valence-electron chi connectivity index (χ0n) is 17.7. The van der Waals surface area contributed by atoms with E-state index in [1.54, 1.807) is 11.5 Å². The van der Waals surface area contributed by atoms with Crippen molar-refractivity contribution < 1.29 is 22.7 Å². The predicted molar refractivity (Wildman–Crippen MR) is 121 cm³/mol. The molecule has 0 fully saturated rings. The highest BCUT2D eigenvalue weighted by molar-refractivity contribution is 7.92. The minimum atomic E-state index is -3.43. The molecule has 1 aliphatic rings. The lowest BCUT2D eigenvalue weighted by molar-refractivity contribution is 0.0323. The van der Waals surface area contributed by atoms with Crippen LogP contribution in [-0.2, 0) is 27.7 Å². The fourth-order valence-electron chi connectivity index (χ4n) is 3.69. The van der Waals surface area contributed by atoms with E-state index in [9.17, 15) is 22.8 Å². The van der Waals surface area contributed by atoms with Crippen LogP contribution in [0.2, 0.25) is 0 Å². The van der Waals surface area contributed by atoms with Crippen LogP contribution in [0.25, 0.3) is 10.2 Å². The molecule has 0 unspecified atom stereocenters. The number of hydrogen-bond acceptors (Lipinski definition) is 8. The van der Waals surface area contributed by atoms with E-state index >= 15 is 0 Å². The summed E-state index contributed by atoms with van der Waals surface area (Å²) in [4.78, 5) is 43.5. The number of sulfonamides is 1. The number of carbonyl (C=O) groups excluding carboxylic acids is 2. The highest BCUT2D eigenvalue weighted by atomic mass is 32.2. The predicted octanol–water partition coefficient (Wildman–Crippen LogP) is 2.51. The van der Waals surface area contributed by atoms with Gasteiger partial charge in [-0.25, -0.2) is 18.2 Å². The third-order valence-corrected chi connectivity index (χ3v) is 6.99. The Morgan fingerprint density at radius 1 is 1.25 bits per heavy atom. The molecule has 0 spiro atoms. The molecule has 1 atom stereocenters. The number of ether oxygens (including phenoxy) is 1. The molecule has 2 aromatic heterocycles. The van der Waals surface area contributed by atoms with Crippen LogP contribution in [0.15, 0.2) is 29.1 Å². The highest BCUT2D eigenvalue weighted by Crippen LogP contribution is 2.29. The number of aryl methyl sites for hydroxylation is 2. The number of aromatic nitrogens is 2. The van der Waals surface area contributed by atoms with Crippen molar-refractivity contribution in [2.45, 2.75) is 39.3 Å². The lowest BCUT2D eigenvalue weighted by Gasteiger charge is -2.12. The number of esters is 1. The number of carbonyl (C=O) groups is 2. The third-order valence-electron chi connectivity index (χ3n) is 5.22. The normalized spacial score (nSPS) is 14.2. The van der Waals surface area contributed by atoms with Crippen LogP contribution in [0, 0.1) is 6.92 Å². The summed E-state index contributed by atoms with van der Waals surface area (Å²) in [5.74, 6) is -0.396. The van der Waals surface area contributed by atoms with Gasteiger partial charge in [0, 0.05) is 24.2 Å². The van der Waals surface area contributed by atoms with Crippen LogP contribution in [0.4, 0.5) is 5.69 Å². The van der Waals surface area contributed by atoms with E-state index < -0.39 is 27.9 Å². The molecule has 0 aliphatic carbocycles. The average molecular weight is 476 g/mol. The van der Waals surface area contributed by atoms with Gasteiger partial charge in [-0.05, 0) is 50.1 Å². The SMILES string of the molecule is Cc1c(C(=O)O[C@@H](C)C(=O)c2ccc(NS(C)(=O)=O)cc2)sc2nc3n(c(=O)c12)CCC3. The van der Waals surface area contributed by atoms with Gasteiger partial charge in [0.05, 0.1) is 11.6 Å². The van der Waals surface area contributed by atoms with Gasteiger partial charge in [-0.3, -0.25) is 18.9 Å². The van der Waals surface area contributed by atoms with Gasteiger partial charge in [-0.2, -0.15) is 0 Å². The Labute approximate surface area is 188 Å². The minimum Gasteiger partial charge on any atom is -0.450 e. The van der Waals surface area contributed by atoms with Crippen LogP contribution in [-0.4, -0.2) is 42.1 Å².